The van der Waals surface area contributed by atoms with Crippen LogP contribution in [0.15, 0.2) is 78.9 Å². The molecule has 2 N–H and O–H groups in total. The molecule has 0 aliphatic heterocycles. The third-order valence-electron chi connectivity index (χ3n) is 4.86. The van der Waals surface area contributed by atoms with Crippen LogP contribution in [0.5, 0.6) is 11.5 Å². The van der Waals surface area contributed by atoms with Crippen LogP contribution in [-0.4, -0.2) is 25.2 Å². The van der Waals surface area contributed by atoms with Crippen molar-refractivity contribution in [3.05, 3.63) is 84.4 Å². The van der Waals surface area contributed by atoms with Crippen LogP contribution in [0.3, 0.4) is 0 Å². The second-order valence-corrected chi connectivity index (χ2v) is 7.37. The minimum Gasteiger partial charge on any atom is -0.493 e. The first-order valence-corrected chi connectivity index (χ1v) is 10.7. The van der Waals surface area contributed by atoms with E-state index in [4.69, 9.17) is 9.47 Å². The van der Waals surface area contributed by atoms with Crippen molar-refractivity contribution in [3.8, 4) is 11.5 Å². The average Bonchev–Trinajstić information content (AvgIpc) is 2.80. The summed E-state index contributed by atoms with van der Waals surface area (Å²) in [5.41, 5.74) is 2.86. The quantitative estimate of drug-likeness (QED) is 0.429. The van der Waals surface area contributed by atoms with Crippen LogP contribution in [0.1, 0.15) is 25.8 Å². The Kier molecular flexibility index (Phi) is 8.35. The predicted molar refractivity (Wildman–Crippen MR) is 126 cm³/mol. The predicted octanol–water partition coefficient (Wildman–Crippen LogP) is 5.54. The fourth-order valence-corrected chi connectivity index (χ4v) is 2.92. The topological polar surface area (TPSA) is 59.6 Å². The Morgan fingerprint density at radius 1 is 0.871 bits per heavy atom. The molecule has 0 radical (unpaired) electrons. The lowest BCUT2D eigenvalue weighted by Gasteiger charge is -2.13. The normalized spacial score (nSPS) is 11.4. The summed E-state index contributed by atoms with van der Waals surface area (Å²) in [6.07, 6.45) is 1.99. The van der Waals surface area contributed by atoms with Crippen molar-refractivity contribution in [2.75, 3.05) is 23.8 Å². The Bertz CT molecular complexity index is 925. The van der Waals surface area contributed by atoms with E-state index in [1.807, 2.05) is 73.7 Å². The number of benzene rings is 3. The molecule has 5 nitrogen and oxygen atoms in total. The smallest absolute Gasteiger partial charge is 0.243 e. The molecule has 1 amide bonds. The fraction of sp³-hybridized carbons (Fsp3) is 0.269. The highest BCUT2D eigenvalue weighted by Crippen LogP contribution is 2.18. The fourth-order valence-electron chi connectivity index (χ4n) is 2.92. The number of rotatable bonds is 11. The number of carbonyl (C=O) groups excluding carboxylic acids is 1. The standard InChI is InChI=1S/C26H30N2O3/c1-3-20(2)31-25-15-11-23(12-16-25)28-26(29)19-27-22-9-13-24(14-10-22)30-18-17-21-7-5-4-6-8-21/h4-16,20,27H,3,17-19H2,1-2H3,(H,28,29). The third-order valence-corrected chi connectivity index (χ3v) is 4.86. The first kappa shape index (κ1) is 22.2. The maximum absolute atomic E-state index is 12.2. The van der Waals surface area contributed by atoms with E-state index in [9.17, 15) is 4.79 Å². The highest BCUT2D eigenvalue weighted by Gasteiger charge is 2.05. The van der Waals surface area contributed by atoms with E-state index in [0.717, 1.165) is 35.7 Å². The van der Waals surface area contributed by atoms with Crippen molar-refractivity contribution in [2.45, 2.75) is 32.8 Å². The molecule has 0 saturated heterocycles. The Labute approximate surface area is 184 Å². The van der Waals surface area contributed by atoms with Gasteiger partial charge in [-0.1, -0.05) is 37.3 Å². The van der Waals surface area contributed by atoms with Crippen LogP contribution in [0.4, 0.5) is 11.4 Å². The second-order valence-electron chi connectivity index (χ2n) is 7.37. The molecule has 162 valence electrons. The molecule has 1 unspecified atom stereocenters. The van der Waals surface area contributed by atoms with E-state index in [1.54, 1.807) is 0 Å². The van der Waals surface area contributed by atoms with Gasteiger partial charge in [0, 0.05) is 17.8 Å². The summed E-state index contributed by atoms with van der Waals surface area (Å²) in [5, 5.41) is 6.01. The Morgan fingerprint density at radius 2 is 1.52 bits per heavy atom. The van der Waals surface area contributed by atoms with E-state index in [0.29, 0.717) is 6.61 Å². The van der Waals surface area contributed by atoms with Gasteiger partial charge in [-0.3, -0.25) is 4.79 Å². The SMILES string of the molecule is CCC(C)Oc1ccc(NC(=O)CNc2ccc(OCCc3ccccc3)cc2)cc1. The van der Waals surface area contributed by atoms with Gasteiger partial charge in [0.05, 0.1) is 19.3 Å². The summed E-state index contributed by atoms with van der Waals surface area (Å²) >= 11 is 0. The van der Waals surface area contributed by atoms with Gasteiger partial charge < -0.3 is 20.1 Å². The molecular weight excluding hydrogens is 388 g/mol. The zero-order chi connectivity index (χ0) is 21.9. The van der Waals surface area contributed by atoms with E-state index < -0.39 is 0 Å². The van der Waals surface area contributed by atoms with Gasteiger partial charge in [0.2, 0.25) is 5.91 Å². The van der Waals surface area contributed by atoms with Gasteiger partial charge in [-0.2, -0.15) is 0 Å². The number of anilines is 2. The first-order chi connectivity index (χ1) is 15.1. The van der Waals surface area contributed by atoms with Crippen molar-refractivity contribution in [1.82, 2.24) is 0 Å². The number of ether oxygens (including phenoxy) is 2. The molecule has 0 bridgehead atoms. The number of hydrogen-bond acceptors (Lipinski definition) is 4. The molecule has 0 fully saturated rings. The summed E-state index contributed by atoms with van der Waals surface area (Å²) in [5.74, 6) is 1.50. The molecule has 0 saturated carbocycles. The molecule has 0 aromatic heterocycles. The zero-order valence-corrected chi connectivity index (χ0v) is 18.1. The van der Waals surface area contributed by atoms with Crippen LogP contribution in [0, 0.1) is 0 Å². The van der Waals surface area contributed by atoms with E-state index in [1.165, 1.54) is 5.56 Å². The van der Waals surface area contributed by atoms with Crippen molar-refractivity contribution >= 4 is 17.3 Å². The molecule has 0 aliphatic carbocycles. The summed E-state index contributed by atoms with van der Waals surface area (Å²) in [6, 6.07) is 25.3. The molecule has 3 aromatic carbocycles. The van der Waals surface area contributed by atoms with E-state index >= 15 is 0 Å². The van der Waals surface area contributed by atoms with Crippen molar-refractivity contribution in [2.24, 2.45) is 0 Å². The van der Waals surface area contributed by atoms with Crippen molar-refractivity contribution < 1.29 is 14.3 Å². The monoisotopic (exact) mass is 418 g/mol. The Morgan fingerprint density at radius 3 is 2.19 bits per heavy atom. The van der Waals surface area contributed by atoms with Gasteiger partial charge in [-0.05, 0) is 67.4 Å². The summed E-state index contributed by atoms with van der Waals surface area (Å²) < 4.78 is 11.5. The second kappa shape index (κ2) is 11.6. The molecule has 3 rings (SSSR count). The van der Waals surface area contributed by atoms with Gasteiger partial charge >= 0.3 is 0 Å². The third kappa shape index (κ3) is 7.70. The number of amides is 1. The lowest BCUT2D eigenvalue weighted by molar-refractivity contribution is -0.114. The van der Waals surface area contributed by atoms with Crippen LogP contribution < -0.4 is 20.1 Å². The van der Waals surface area contributed by atoms with Gasteiger partial charge in [0.25, 0.3) is 0 Å². The van der Waals surface area contributed by atoms with Gasteiger partial charge in [-0.25, -0.2) is 0 Å². The van der Waals surface area contributed by atoms with Gasteiger partial charge in [0.15, 0.2) is 0 Å². The molecule has 1 atom stereocenters. The first-order valence-electron chi connectivity index (χ1n) is 10.7. The molecular formula is C26H30N2O3. The van der Waals surface area contributed by atoms with Crippen LogP contribution in [0.2, 0.25) is 0 Å². The van der Waals surface area contributed by atoms with Crippen LogP contribution in [-0.2, 0) is 11.2 Å². The minimum atomic E-state index is -0.112. The lowest BCUT2D eigenvalue weighted by Crippen LogP contribution is -2.21. The van der Waals surface area contributed by atoms with E-state index in [-0.39, 0.29) is 18.6 Å². The van der Waals surface area contributed by atoms with Crippen molar-refractivity contribution in [3.63, 3.8) is 0 Å². The molecule has 5 heteroatoms. The van der Waals surface area contributed by atoms with Gasteiger partial charge in [0.1, 0.15) is 11.5 Å². The van der Waals surface area contributed by atoms with Crippen LogP contribution in [0.25, 0.3) is 0 Å². The van der Waals surface area contributed by atoms with Gasteiger partial charge in [-0.15, -0.1) is 0 Å². The molecule has 31 heavy (non-hydrogen) atoms. The summed E-state index contributed by atoms with van der Waals surface area (Å²) in [4.78, 5) is 12.2. The maximum atomic E-state index is 12.2. The Hall–Kier alpha value is -3.47. The number of carbonyl (C=O) groups is 1. The Balaban J connectivity index is 1.38. The maximum Gasteiger partial charge on any atom is 0.243 e. The summed E-state index contributed by atoms with van der Waals surface area (Å²) in [6.45, 7) is 4.92. The highest BCUT2D eigenvalue weighted by molar-refractivity contribution is 5.93. The molecule has 0 spiro atoms. The average molecular weight is 419 g/mol. The van der Waals surface area contributed by atoms with E-state index in [2.05, 4.69) is 29.7 Å². The molecule has 0 heterocycles. The lowest BCUT2D eigenvalue weighted by atomic mass is 10.2. The number of nitrogens with one attached hydrogen (secondary N) is 2. The molecule has 3 aromatic rings. The zero-order valence-electron chi connectivity index (χ0n) is 18.1. The molecule has 0 aliphatic rings. The minimum absolute atomic E-state index is 0.112. The largest absolute Gasteiger partial charge is 0.493 e. The van der Waals surface area contributed by atoms with Crippen LogP contribution >= 0.6 is 0 Å². The number of hydrogen-bond donors (Lipinski definition) is 2. The van der Waals surface area contributed by atoms with Crippen molar-refractivity contribution in [1.29, 1.82) is 0 Å². The summed E-state index contributed by atoms with van der Waals surface area (Å²) in [7, 11) is 0. The highest BCUT2D eigenvalue weighted by atomic mass is 16.5.